The monoisotopic (exact) mass is 246 g/mol. The molecule has 1 aliphatic heterocycles. The standard InChI is InChI=1S/C14H15FN2O/c15-12-3-1-10(2-4-12)13-9-16-17-14(13)11-5-7-18-8-6-11/h1-4,9,11H,5-8H2,(H,16,17). The first-order valence-electron chi connectivity index (χ1n) is 6.21. The summed E-state index contributed by atoms with van der Waals surface area (Å²) in [6.45, 7) is 1.60. The third-order valence-electron chi connectivity index (χ3n) is 3.45. The number of hydrogen-bond donors (Lipinski definition) is 1. The number of nitrogens with zero attached hydrogens (tertiary/aromatic N) is 1. The van der Waals surface area contributed by atoms with Gasteiger partial charge in [0.15, 0.2) is 0 Å². The van der Waals surface area contributed by atoms with Gasteiger partial charge in [-0.2, -0.15) is 5.10 Å². The highest BCUT2D eigenvalue weighted by molar-refractivity contribution is 5.65. The molecular formula is C14H15FN2O. The Kier molecular flexibility index (Phi) is 3.11. The van der Waals surface area contributed by atoms with Crippen molar-refractivity contribution in [3.63, 3.8) is 0 Å². The molecule has 18 heavy (non-hydrogen) atoms. The van der Waals surface area contributed by atoms with Crippen LogP contribution >= 0.6 is 0 Å². The van der Waals surface area contributed by atoms with Crippen LogP contribution in [0.2, 0.25) is 0 Å². The van der Waals surface area contributed by atoms with Gasteiger partial charge in [0.25, 0.3) is 0 Å². The summed E-state index contributed by atoms with van der Waals surface area (Å²) < 4.78 is 18.3. The molecule has 1 saturated heterocycles. The normalized spacial score (nSPS) is 16.9. The van der Waals surface area contributed by atoms with E-state index in [0.717, 1.165) is 42.9 Å². The van der Waals surface area contributed by atoms with E-state index in [2.05, 4.69) is 10.2 Å². The SMILES string of the molecule is Fc1ccc(-c2cn[nH]c2C2CCOCC2)cc1. The van der Waals surface area contributed by atoms with Crippen LogP contribution < -0.4 is 0 Å². The zero-order valence-corrected chi connectivity index (χ0v) is 10.0. The van der Waals surface area contributed by atoms with E-state index in [4.69, 9.17) is 4.74 Å². The maximum atomic E-state index is 12.9. The first kappa shape index (κ1) is 11.4. The van der Waals surface area contributed by atoms with E-state index in [1.807, 2.05) is 6.20 Å². The Morgan fingerprint density at radius 3 is 2.61 bits per heavy atom. The fourth-order valence-electron chi connectivity index (χ4n) is 2.45. The van der Waals surface area contributed by atoms with Crippen molar-refractivity contribution in [3.8, 4) is 11.1 Å². The number of halogens is 1. The molecule has 1 fully saturated rings. The summed E-state index contributed by atoms with van der Waals surface area (Å²) in [5.74, 6) is 0.246. The van der Waals surface area contributed by atoms with E-state index in [-0.39, 0.29) is 5.82 Å². The molecule has 1 aliphatic rings. The fourth-order valence-corrected chi connectivity index (χ4v) is 2.45. The lowest BCUT2D eigenvalue weighted by molar-refractivity contribution is 0.0846. The van der Waals surface area contributed by atoms with Crippen molar-refractivity contribution in [2.75, 3.05) is 13.2 Å². The molecule has 0 aliphatic carbocycles. The molecule has 0 radical (unpaired) electrons. The molecule has 4 heteroatoms. The summed E-state index contributed by atoms with van der Waals surface area (Å²) in [6, 6.07) is 6.55. The fraction of sp³-hybridized carbons (Fsp3) is 0.357. The third-order valence-corrected chi connectivity index (χ3v) is 3.45. The maximum Gasteiger partial charge on any atom is 0.123 e. The number of rotatable bonds is 2. The lowest BCUT2D eigenvalue weighted by Gasteiger charge is -2.22. The third kappa shape index (κ3) is 2.16. The van der Waals surface area contributed by atoms with Crippen LogP contribution in [-0.4, -0.2) is 23.4 Å². The van der Waals surface area contributed by atoms with Crippen molar-refractivity contribution in [1.29, 1.82) is 0 Å². The van der Waals surface area contributed by atoms with Crippen molar-refractivity contribution >= 4 is 0 Å². The molecule has 0 amide bonds. The Bertz CT molecular complexity index is 515. The highest BCUT2D eigenvalue weighted by Gasteiger charge is 2.21. The van der Waals surface area contributed by atoms with Crippen LogP contribution in [0.4, 0.5) is 4.39 Å². The predicted octanol–water partition coefficient (Wildman–Crippen LogP) is 3.11. The molecule has 0 bridgehead atoms. The Morgan fingerprint density at radius 1 is 1.17 bits per heavy atom. The van der Waals surface area contributed by atoms with E-state index < -0.39 is 0 Å². The summed E-state index contributed by atoms with van der Waals surface area (Å²) in [5.41, 5.74) is 3.22. The minimum absolute atomic E-state index is 0.213. The van der Waals surface area contributed by atoms with E-state index in [1.165, 1.54) is 12.1 Å². The number of aromatic nitrogens is 2. The van der Waals surface area contributed by atoms with Gasteiger partial charge in [0.05, 0.1) is 6.20 Å². The molecular weight excluding hydrogens is 231 g/mol. The zero-order valence-electron chi connectivity index (χ0n) is 10.0. The highest BCUT2D eigenvalue weighted by Crippen LogP contribution is 2.33. The van der Waals surface area contributed by atoms with Gasteiger partial charge in [0.1, 0.15) is 5.82 Å². The topological polar surface area (TPSA) is 37.9 Å². The summed E-state index contributed by atoms with van der Waals surface area (Å²) in [6.07, 6.45) is 3.84. The average Bonchev–Trinajstić information content (AvgIpc) is 2.90. The first-order valence-corrected chi connectivity index (χ1v) is 6.21. The minimum Gasteiger partial charge on any atom is -0.381 e. The molecule has 2 aromatic rings. The van der Waals surface area contributed by atoms with Crippen LogP contribution in [0.3, 0.4) is 0 Å². The second-order valence-corrected chi connectivity index (χ2v) is 4.59. The van der Waals surface area contributed by atoms with Crippen molar-refractivity contribution in [2.45, 2.75) is 18.8 Å². The summed E-state index contributed by atoms with van der Waals surface area (Å²) in [7, 11) is 0. The van der Waals surface area contributed by atoms with Crippen LogP contribution in [0.1, 0.15) is 24.5 Å². The number of aromatic amines is 1. The molecule has 0 saturated carbocycles. The van der Waals surface area contributed by atoms with Gasteiger partial charge in [-0.1, -0.05) is 12.1 Å². The maximum absolute atomic E-state index is 12.9. The summed E-state index contributed by atoms with van der Waals surface area (Å²) in [4.78, 5) is 0. The Hall–Kier alpha value is -1.68. The second-order valence-electron chi connectivity index (χ2n) is 4.59. The Morgan fingerprint density at radius 2 is 1.89 bits per heavy atom. The van der Waals surface area contributed by atoms with Gasteiger partial charge >= 0.3 is 0 Å². The first-order chi connectivity index (χ1) is 8.84. The number of benzene rings is 1. The smallest absolute Gasteiger partial charge is 0.123 e. The molecule has 1 N–H and O–H groups in total. The van der Waals surface area contributed by atoms with E-state index in [9.17, 15) is 4.39 Å². The Balaban J connectivity index is 1.93. The van der Waals surface area contributed by atoms with Gasteiger partial charge < -0.3 is 4.74 Å². The number of H-pyrrole nitrogens is 1. The van der Waals surface area contributed by atoms with Gasteiger partial charge in [0.2, 0.25) is 0 Å². The summed E-state index contributed by atoms with van der Waals surface area (Å²) in [5, 5.41) is 7.23. The molecule has 3 rings (SSSR count). The highest BCUT2D eigenvalue weighted by atomic mass is 19.1. The summed E-state index contributed by atoms with van der Waals surface area (Å²) >= 11 is 0. The number of nitrogens with one attached hydrogen (secondary N) is 1. The largest absolute Gasteiger partial charge is 0.381 e. The molecule has 94 valence electrons. The van der Waals surface area contributed by atoms with Gasteiger partial charge in [-0.25, -0.2) is 4.39 Å². The van der Waals surface area contributed by atoms with E-state index in [0.29, 0.717) is 5.92 Å². The quantitative estimate of drug-likeness (QED) is 0.884. The molecule has 0 atom stereocenters. The minimum atomic E-state index is -0.213. The van der Waals surface area contributed by atoms with E-state index >= 15 is 0 Å². The van der Waals surface area contributed by atoms with E-state index in [1.54, 1.807) is 12.1 Å². The van der Waals surface area contributed by atoms with Gasteiger partial charge in [0, 0.05) is 30.4 Å². The molecule has 0 spiro atoms. The van der Waals surface area contributed by atoms with Crippen LogP contribution in [0, 0.1) is 5.82 Å². The van der Waals surface area contributed by atoms with Gasteiger partial charge in [-0.05, 0) is 30.5 Å². The lowest BCUT2D eigenvalue weighted by atomic mass is 9.92. The van der Waals surface area contributed by atoms with Crippen LogP contribution in [0.25, 0.3) is 11.1 Å². The predicted molar refractivity (Wildman–Crippen MR) is 66.8 cm³/mol. The average molecular weight is 246 g/mol. The van der Waals surface area contributed by atoms with Crippen molar-refractivity contribution in [2.24, 2.45) is 0 Å². The molecule has 1 aromatic heterocycles. The van der Waals surface area contributed by atoms with Crippen LogP contribution in [0.5, 0.6) is 0 Å². The van der Waals surface area contributed by atoms with Gasteiger partial charge in [-0.3, -0.25) is 5.10 Å². The van der Waals surface area contributed by atoms with Crippen LogP contribution in [-0.2, 0) is 4.74 Å². The van der Waals surface area contributed by atoms with Crippen molar-refractivity contribution in [1.82, 2.24) is 10.2 Å². The van der Waals surface area contributed by atoms with Crippen LogP contribution in [0.15, 0.2) is 30.5 Å². The van der Waals surface area contributed by atoms with Crippen molar-refractivity contribution in [3.05, 3.63) is 42.0 Å². The van der Waals surface area contributed by atoms with Crippen molar-refractivity contribution < 1.29 is 9.13 Å². The lowest BCUT2D eigenvalue weighted by Crippen LogP contribution is -2.15. The molecule has 2 heterocycles. The Labute approximate surface area is 105 Å². The number of ether oxygens (including phenoxy) is 1. The zero-order chi connectivity index (χ0) is 12.4. The van der Waals surface area contributed by atoms with Gasteiger partial charge in [-0.15, -0.1) is 0 Å². The second kappa shape index (κ2) is 4.90. The molecule has 3 nitrogen and oxygen atoms in total. The molecule has 0 unspecified atom stereocenters. The molecule has 1 aromatic carbocycles. The number of hydrogen-bond acceptors (Lipinski definition) is 2.